The number of ether oxygens (including phenoxy) is 5. The maximum absolute atomic E-state index is 13.6. The summed E-state index contributed by atoms with van der Waals surface area (Å²) in [6.45, 7) is 27.7. The number of carbonyl (C=O) groups excluding carboxylic acids is 8. The Kier molecular flexibility index (Phi) is 29.4. The van der Waals surface area contributed by atoms with Crippen molar-refractivity contribution < 1.29 is 82.5 Å². The number of esters is 1. The van der Waals surface area contributed by atoms with Gasteiger partial charge in [-0.3, -0.25) is 33.6 Å². The van der Waals surface area contributed by atoms with Crippen LogP contribution >= 0.6 is 0 Å². The first-order chi connectivity index (χ1) is 65.4. The number of fused-ring (bicyclic) bond motifs is 20. The Hall–Kier alpha value is -6.60. The number of methoxy groups -OCH3 is 4. The quantitative estimate of drug-likeness (QED) is 0.0354. The lowest BCUT2D eigenvalue weighted by Crippen LogP contribution is -2.58. The lowest BCUT2D eigenvalue weighted by Gasteiger charge is -2.62. The van der Waals surface area contributed by atoms with Crippen LogP contribution in [-0.4, -0.2) is 211 Å². The Morgan fingerprint density at radius 2 is 0.601 bits per heavy atom. The van der Waals surface area contributed by atoms with E-state index in [1.807, 2.05) is 56.1 Å². The number of carbonyl (C=O) groups is 8. The van der Waals surface area contributed by atoms with Gasteiger partial charge >= 0.3 is 5.97 Å². The molecule has 32 atom stereocenters. The first-order valence-corrected chi connectivity index (χ1v) is 53.7. The molecule has 0 aliphatic heterocycles. The summed E-state index contributed by atoms with van der Waals surface area (Å²) < 4.78 is 31.5. The first-order valence-electron chi connectivity index (χ1n) is 53.7. The SMILES string of the molecule is CCOC(=O)c1cn(CC(=O)[C@H]2CC[C@H]3[C@@H]4CC[C@H]5C[C@](C)(O)CC[C@]5(COC)[C@H]4CC[C@]23C)nn1.COC[C@]12CC[C@@](C)(O)C[C@@H]1CC[C@H]1[C@@H]3CC[C@H](C(=O)Cn4cc(C(C)=O)nn4)[C@@]3(C)CC[C@@H]12.COC[C@]12CC[C@@](C)(O)C[C@@H]1CC[C@H]1[C@@H]3CC[C@H](C(=O)Cn4ncc(C(C)=O)n4)[C@@]3(C)CC[C@@H]12.COC[C@]12CC[C@@](C)(O)C[C@@H]1CC[C@H]1[C@@H]3CC[C@H](C(=O)Cn4ncc(C(C)=O)n4)[C@@]3(C)CC[C@@H]12. The Balaban J connectivity index is 0.000000127. The molecule has 0 spiro atoms. The van der Waals surface area contributed by atoms with Crippen molar-refractivity contribution >= 4 is 46.5 Å². The molecule has 138 heavy (non-hydrogen) atoms. The summed E-state index contributed by atoms with van der Waals surface area (Å²) in [5, 5.41) is 75.9. The number of ketones is 7. The highest BCUT2D eigenvalue weighted by atomic mass is 16.5. The molecule has 0 saturated heterocycles. The van der Waals surface area contributed by atoms with Gasteiger partial charge in [-0.15, -0.1) is 20.4 Å². The van der Waals surface area contributed by atoms with Crippen LogP contribution < -0.4 is 0 Å². The van der Waals surface area contributed by atoms with Crippen LogP contribution in [0.25, 0.3) is 0 Å². The van der Waals surface area contributed by atoms with Crippen molar-refractivity contribution in [1.82, 2.24) is 60.0 Å². The molecular weight excluding hydrogens is 1750 g/mol. The zero-order valence-corrected chi connectivity index (χ0v) is 86.1. The summed E-state index contributed by atoms with van der Waals surface area (Å²) in [4.78, 5) is 103. The molecule has 29 heteroatoms. The Labute approximate surface area is 818 Å². The highest BCUT2D eigenvalue weighted by molar-refractivity contribution is 5.93. The van der Waals surface area contributed by atoms with E-state index in [0.717, 1.165) is 225 Å². The minimum Gasteiger partial charge on any atom is -0.461 e. The summed E-state index contributed by atoms with van der Waals surface area (Å²) in [5.74, 6) is 9.48. The lowest BCUT2D eigenvalue weighted by atomic mass is 9.43. The normalized spacial score (nSPS) is 43.1. The van der Waals surface area contributed by atoms with Gasteiger partial charge in [-0.2, -0.15) is 19.8 Å². The molecule has 0 radical (unpaired) electrons. The van der Waals surface area contributed by atoms with Gasteiger partial charge in [0.25, 0.3) is 0 Å². The highest BCUT2D eigenvalue weighted by Gasteiger charge is 2.69. The minimum atomic E-state index is -0.558. The number of rotatable bonds is 25. The smallest absolute Gasteiger partial charge is 0.360 e. The van der Waals surface area contributed by atoms with Crippen LogP contribution in [0.3, 0.4) is 0 Å². The van der Waals surface area contributed by atoms with E-state index in [9.17, 15) is 58.8 Å². The largest absolute Gasteiger partial charge is 0.461 e. The second-order valence-electron chi connectivity index (χ2n) is 50.1. The fraction of sp³-hybridized carbons (Fsp3) is 0.853. The average molecular weight is 1920 g/mol. The molecule has 4 aromatic rings. The van der Waals surface area contributed by atoms with Crippen molar-refractivity contribution in [2.75, 3.05) is 61.5 Å². The first kappa shape index (κ1) is 103. The van der Waals surface area contributed by atoms with Crippen molar-refractivity contribution in [3.05, 3.63) is 47.6 Å². The fourth-order valence-electron chi connectivity index (χ4n) is 36.6. The van der Waals surface area contributed by atoms with Crippen molar-refractivity contribution in [1.29, 1.82) is 0 Å². The number of hydrogen-bond acceptors (Lipinski definition) is 25. The van der Waals surface area contributed by atoms with E-state index in [-0.39, 0.29) is 146 Å². The summed E-state index contributed by atoms with van der Waals surface area (Å²) in [5.41, 5.74) is -0.355. The molecule has 29 nitrogen and oxygen atoms in total. The summed E-state index contributed by atoms with van der Waals surface area (Å²) in [6.07, 6.45) is 43.8. The van der Waals surface area contributed by atoms with Crippen molar-refractivity contribution in [2.24, 2.45) is 162 Å². The van der Waals surface area contributed by atoms with E-state index in [0.29, 0.717) is 112 Å². The number of aromatic nitrogens is 12. The molecule has 16 aliphatic rings. The van der Waals surface area contributed by atoms with Gasteiger partial charge in [0.15, 0.2) is 46.2 Å². The molecule has 0 aromatic carbocycles. The molecule has 0 bridgehead atoms. The van der Waals surface area contributed by atoms with E-state index < -0.39 is 28.4 Å². The average Bonchev–Trinajstić information content (AvgIpc) is 1.47. The van der Waals surface area contributed by atoms with Crippen LogP contribution in [0.4, 0.5) is 0 Å². The maximum atomic E-state index is 13.6. The number of aliphatic hydroxyl groups is 4. The third kappa shape index (κ3) is 18.9. The molecule has 0 amide bonds. The van der Waals surface area contributed by atoms with Crippen LogP contribution in [0, 0.1) is 162 Å². The molecule has 0 unspecified atom stereocenters. The topological polar surface area (TPSA) is 386 Å². The van der Waals surface area contributed by atoms with E-state index in [1.165, 1.54) is 90.4 Å². The second-order valence-corrected chi connectivity index (χ2v) is 50.1. The van der Waals surface area contributed by atoms with Crippen LogP contribution in [0.2, 0.25) is 0 Å². The van der Waals surface area contributed by atoms with Gasteiger partial charge in [0.1, 0.15) is 43.3 Å². The third-order valence-electron chi connectivity index (χ3n) is 42.8. The van der Waals surface area contributed by atoms with Crippen LogP contribution in [0.1, 0.15) is 356 Å². The molecule has 4 heterocycles. The van der Waals surface area contributed by atoms with Crippen molar-refractivity contribution in [3.8, 4) is 0 Å². The minimum absolute atomic E-state index is 0.00403. The molecule has 764 valence electrons. The molecular formula is C109H166N12O17. The van der Waals surface area contributed by atoms with Crippen molar-refractivity contribution in [2.45, 2.75) is 363 Å². The van der Waals surface area contributed by atoms with Gasteiger partial charge in [0.2, 0.25) is 0 Å². The van der Waals surface area contributed by atoms with E-state index in [1.54, 1.807) is 13.1 Å². The van der Waals surface area contributed by atoms with Gasteiger partial charge in [-0.1, -0.05) is 38.1 Å². The fourth-order valence-corrected chi connectivity index (χ4v) is 36.6. The zero-order valence-electron chi connectivity index (χ0n) is 86.1. The molecule has 16 saturated carbocycles. The third-order valence-corrected chi connectivity index (χ3v) is 42.8. The summed E-state index contributed by atoms with van der Waals surface area (Å²) >= 11 is 0. The number of hydrogen-bond donors (Lipinski definition) is 4. The molecule has 4 aromatic heterocycles. The van der Waals surface area contributed by atoms with Gasteiger partial charge in [0, 0.05) is 72.9 Å². The standard InChI is InChI=1S/C28H43N3O5.3C27H41N3O4/c1-5-36-25(33)23-15-31(30-29-23)16-24(32)22-9-8-20-19-7-6-18-14-26(2,34)12-13-28(18,17-35-4)21(19)10-11-27(20,22)3;1-17(31)23-14-30(29-28-23)15-24(32)22-8-7-20-19-6-5-18-13-25(2,33)11-12-27(18,16-34-4)21(19)9-10-26(20,22)3;2*1-17(31)23-14-28-30(29-23)15-24(32)22-8-7-20-19-6-5-18-13-25(2,33)11-12-27(18,16-34-4)21(19)9-10-26(20,22)3/h15,18-22,34H,5-14,16-17H2,1-4H3;3*14,18-22,33H,5-13,15-16H2,1-4H3/t18-,19-,20-,21-,22+,26+,27-,28+;3*18-,19-,20-,21-,22+,25+,26-,27+/m0000/s1. The molecule has 20 rings (SSSR count). The summed E-state index contributed by atoms with van der Waals surface area (Å²) in [6, 6.07) is 0. The Morgan fingerprint density at radius 1 is 0.333 bits per heavy atom. The van der Waals surface area contributed by atoms with E-state index in [4.69, 9.17) is 23.7 Å². The number of Topliss-reactive ketones (excluding diaryl/α,β-unsaturated/α-hetero) is 7. The predicted octanol–water partition coefficient (Wildman–Crippen LogP) is 16.3. The van der Waals surface area contributed by atoms with Gasteiger partial charge in [-0.25, -0.2) is 14.2 Å². The van der Waals surface area contributed by atoms with Gasteiger partial charge in [-0.05, 0) is 404 Å². The van der Waals surface area contributed by atoms with Crippen molar-refractivity contribution in [3.63, 3.8) is 0 Å². The van der Waals surface area contributed by atoms with Gasteiger partial charge in [0.05, 0.1) is 80.2 Å². The molecule has 4 N–H and O–H groups in total. The highest BCUT2D eigenvalue weighted by Crippen LogP contribution is 2.74. The van der Waals surface area contributed by atoms with E-state index in [2.05, 4.69) is 68.7 Å². The van der Waals surface area contributed by atoms with Crippen LogP contribution in [-0.2, 0) is 69.0 Å². The van der Waals surface area contributed by atoms with Crippen LogP contribution in [0.5, 0.6) is 0 Å². The van der Waals surface area contributed by atoms with E-state index >= 15 is 0 Å². The number of nitrogens with zero attached hydrogens (tertiary/aromatic N) is 12. The zero-order chi connectivity index (χ0) is 98.6. The monoisotopic (exact) mass is 1920 g/mol. The summed E-state index contributed by atoms with van der Waals surface area (Å²) in [7, 11) is 7.33. The Morgan fingerprint density at radius 3 is 0.855 bits per heavy atom. The molecule has 16 aliphatic carbocycles. The second kappa shape index (κ2) is 39.4. The Bertz CT molecular complexity index is 4730. The predicted molar refractivity (Wildman–Crippen MR) is 514 cm³/mol. The van der Waals surface area contributed by atoms with Crippen LogP contribution in [0.15, 0.2) is 24.8 Å². The van der Waals surface area contributed by atoms with Gasteiger partial charge < -0.3 is 44.1 Å². The lowest BCUT2D eigenvalue weighted by molar-refractivity contribution is -0.175. The molecule has 16 fully saturated rings. The maximum Gasteiger partial charge on any atom is 0.360 e.